The van der Waals surface area contributed by atoms with E-state index >= 15 is 0 Å². The van der Waals surface area contributed by atoms with Crippen molar-refractivity contribution in [3.05, 3.63) is 23.8 Å². The normalized spacial score (nSPS) is 21.8. The lowest BCUT2D eigenvalue weighted by atomic mass is 10.0. The first-order valence-corrected chi connectivity index (χ1v) is 6.30. The number of nitrogens with two attached hydrogens (primary N) is 1. The summed E-state index contributed by atoms with van der Waals surface area (Å²) in [7, 11) is 0. The fraction of sp³-hybridized carbons (Fsp3) is 0.571. The number of aryl methyl sites for hydroxylation is 1. The van der Waals surface area contributed by atoms with E-state index in [4.69, 9.17) is 5.73 Å². The van der Waals surface area contributed by atoms with Crippen LogP contribution in [0.25, 0.3) is 0 Å². The van der Waals surface area contributed by atoms with Crippen LogP contribution in [0.1, 0.15) is 31.2 Å². The SMILES string of the molecule is Cc1ccc(NCC2(C3CC3)CC2)c(N)c1. The number of nitrogens with one attached hydrogen (secondary N) is 1. The van der Waals surface area contributed by atoms with Crippen LogP contribution in [-0.2, 0) is 0 Å². The Hall–Kier alpha value is -1.18. The summed E-state index contributed by atoms with van der Waals surface area (Å²) < 4.78 is 0. The molecule has 2 saturated carbocycles. The van der Waals surface area contributed by atoms with Gasteiger partial charge in [0.2, 0.25) is 0 Å². The minimum absolute atomic E-state index is 0.636. The summed E-state index contributed by atoms with van der Waals surface area (Å²) in [6.07, 6.45) is 5.73. The van der Waals surface area contributed by atoms with Crippen LogP contribution in [0.15, 0.2) is 18.2 Å². The first-order valence-electron chi connectivity index (χ1n) is 6.30. The molecular formula is C14H20N2. The van der Waals surface area contributed by atoms with Gasteiger partial charge in [-0.1, -0.05) is 6.07 Å². The molecule has 0 heterocycles. The fourth-order valence-corrected chi connectivity index (χ4v) is 2.70. The maximum Gasteiger partial charge on any atom is 0.0574 e. The summed E-state index contributed by atoms with van der Waals surface area (Å²) in [5, 5.41) is 3.54. The maximum absolute atomic E-state index is 6.00. The van der Waals surface area contributed by atoms with Gasteiger partial charge >= 0.3 is 0 Å². The second-order valence-electron chi connectivity index (χ2n) is 5.58. The van der Waals surface area contributed by atoms with Gasteiger partial charge in [-0.15, -0.1) is 0 Å². The van der Waals surface area contributed by atoms with Gasteiger partial charge in [0.05, 0.1) is 11.4 Å². The smallest absolute Gasteiger partial charge is 0.0574 e. The third-order valence-electron chi connectivity index (χ3n) is 4.17. The maximum atomic E-state index is 6.00. The lowest BCUT2D eigenvalue weighted by Crippen LogP contribution is -2.18. The zero-order valence-electron chi connectivity index (χ0n) is 9.92. The van der Waals surface area contributed by atoms with E-state index in [1.54, 1.807) is 0 Å². The molecule has 0 aliphatic heterocycles. The Labute approximate surface area is 97.2 Å². The van der Waals surface area contributed by atoms with Gasteiger partial charge in [-0.25, -0.2) is 0 Å². The molecule has 2 aliphatic rings. The van der Waals surface area contributed by atoms with Crippen LogP contribution in [0, 0.1) is 18.3 Å². The number of hydrogen-bond acceptors (Lipinski definition) is 2. The van der Waals surface area contributed by atoms with E-state index in [2.05, 4.69) is 24.4 Å². The van der Waals surface area contributed by atoms with Crippen LogP contribution in [0.5, 0.6) is 0 Å². The molecule has 16 heavy (non-hydrogen) atoms. The highest BCUT2D eigenvalue weighted by Crippen LogP contribution is 2.61. The minimum Gasteiger partial charge on any atom is -0.397 e. The summed E-state index contributed by atoms with van der Waals surface area (Å²) in [5.41, 5.74) is 9.85. The van der Waals surface area contributed by atoms with E-state index in [0.29, 0.717) is 5.41 Å². The molecule has 0 spiro atoms. The molecule has 2 fully saturated rings. The minimum atomic E-state index is 0.636. The summed E-state index contributed by atoms with van der Waals surface area (Å²) in [5.74, 6) is 1.01. The molecule has 1 aromatic carbocycles. The van der Waals surface area contributed by atoms with E-state index < -0.39 is 0 Å². The average molecular weight is 216 g/mol. The Bertz CT molecular complexity index is 403. The zero-order valence-corrected chi connectivity index (χ0v) is 9.92. The van der Waals surface area contributed by atoms with Gasteiger partial charge in [0.25, 0.3) is 0 Å². The molecule has 0 saturated heterocycles. The Morgan fingerprint density at radius 3 is 2.69 bits per heavy atom. The molecule has 0 bridgehead atoms. The number of hydrogen-bond donors (Lipinski definition) is 2. The van der Waals surface area contributed by atoms with Gasteiger partial charge in [-0.3, -0.25) is 0 Å². The molecule has 2 nitrogen and oxygen atoms in total. The van der Waals surface area contributed by atoms with Crippen molar-refractivity contribution < 1.29 is 0 Å². The average Bonchev–Trinajstić information content (AvgIpc) is 3.11. The highest BCUT2D eigenvalue weighted by Gasteiger charge is 2.53. The topological polar surface area (TPSA) is 38.0 Å². The number of rotatable bonds is 4. The summed E-state index contributed by atoms with van der Waals surface area (Å²) >= 11 is 0. The predicted molar refractivity (Wildman–Crippen MR) is 68.5 cm³/mol. The first-order chi connectivity index (χ1) is 7.70. The molecule has 2 heteroatoms. The summed E-state index contributed by atoms with van der Waals surface area (Å²) in [6, 6.07) is 6.27. The van der Waals surface area contributed by atoms with Crippen molar-refractivity contribution in [3.63, 3.8) is 0 Å². The van der Waals surface area contributed by atoms with Gasteiger partial charge in [-0.05, 0) is 61.6 Å². The Kier molecular flexibility index (Phi) is 2.13. The molecule has 2 aliphatic carbocycles. The van der Waals surface area contributed by atoms with Gasteiger partial charge in [0.15, 0.2) is 0 Å². The van der Waals surface area contributed by atoms with E-state index in [-0.39, 0.29) is 0 Å². The molecule has 0 amide bonds. The van der Waals surface area contributed by atoms with Crippen molar-refractivity contribution in [2.45, 2.75) is 32.6 Å². The zero-order chi connectivity index (χ0) is 11.2. The number of benzene rings is 1. The van der Waals surface area contributed by atoms with E-state index in [1.165, 1.54) is 31.2 Å². The van der Waals surface area contributed by atoms with Gasteiger partial charge in [0.1, 0.15) is 0 Å². The van der Waals surface area contributed by atoms with Crippen molar-refractivity contribution in [2.75, 3.05) is 17.6 Å². The first kappa shape index (κ1) is 10.0. The molecule has 0 radical (unpaired) electrons. The molecular weight excluding hydrogens is 196 g/mol. The third kappa shape index (κ3) is 1.77. The van der Waals surface area contributed by atoms with Gasteiger partial charge in [-0.2, -0.15) is 0 Å². The molecule has 1 aromatic rings. The van der Waals surface area contributed by atoms with Crippen LogP contribution in [-0.4, -0.2) is 6.54 Å². The second-order valence-corrected chi connectivity index (χ2v) is 5.58. The standard InChI is InChI=1S/C14H20N2/c1-10-2-5-13(12(15)8-10)16-9-14(6-7-14)11-3-4-11/h2,5,8,11,16H,3-4,6-7,9,15H2,1H3. The van der Waals surface area contributed by atoms with Crippen molar-refractivity contribution in [1.29, 1.82) is 0 Å². The molecule has 3 rings (SSSR count). The Morgan fingerprint density at radius 2 is 2.12 bits per heavy atom. The molecule has 86 valence electrons. The molecule has 3 N–H and O–H groups in total. The highest BCUT2D eigenvalue weighted by molar-refractivity contribution is 5.67. The lowest BCUT2D eigenvalue weighted by Gasteiger charge is -2.17. The van der Waals surface area contributed by atoms with Crippen LogP contribution >= 0.6 is 0 Å². The second kappa shape index (κ2) is 3.41. The van der Waals surface area contributed by atoms with Gasteiger partial charge in [0, 0.05) is 6.54 Å². The number of nitrogen functional groups attached to an aromatic ring is 1. The monoisotopic (exact) mass is 216 g/mol. The van der Waals surface area contributed by atoms with Crippen LogP contribution < -0.4 is 11.1 Å². The fourth-order valence-electron chi connectivity index (χ4n) is 2.70. The van der Waals surface area contributed by atoms with E-state index in [9.17, 15) is 0 Å². The van der Waals surface area contributed by atoms with Crippen molar-refractivity contribution >= 4 is 11.4 Å². The largest absolute Gasteiger partial charge is 0.397 e. The summed E-state index contributed by atoms with van der Waals surface area (Å²) in [6.45, 7) is 3.19. The highest BCUT2D eigenvalue weighted by atomic mass is 14.9. The Morgan fingerprint density at radius 1 is 1.38 bits per heavy atom. The lowest BCUT2D eigenvalue weighted by molar-refractivity contribution is 0.467. The quantitative estimate of drug-likeness (QED) is 0.759. The molecule has 0 atom stereocenters. The van der Waals surface area contributed by atoms with Crippen molar-refractivity contribution in [3.8, 4) is 0 Å². The van der Waals surface area contributed by atoms with E-state index in [0.717, 1.165) is 23.8 Å². The summed E-state index contributed by atoms with van der Waals surface area (Å²) in [4.78, 5) is 0. The third-order valence-corrected chi connectivity index (χ3v) is 4.17. The van der Waals surface area contributed by atoms with Crippen LogP contribution in [0.3, 0.4) is 0 Å². The van der Waals surface area contributed by atoms with Crippen LogP contribution in [0.4, 0.5) is 11.4 Å². The number of anilines is 2. The van der Waals surface area contributed by atoms with Crippen molar-refractivity contribution in [2.24, 2.45) is 11.3 Å². The molecule has 0 aromatic heterocycles. The Balaban J connectivity index is 1.66. The van der Waals surface area contributed by atoms with Crippen LogP contribution in [0.2, 0.25) is 0 Å². The van der Waals surface area contributed by atoms with E-state index in [1.807, 2.05) is 6.07 Å². The van der Waals surface area contributed by atoms with Gasteiger partial charge < -0.3 is 11.1 Å². The predicted octanol–water partition coefficient (Wildman–Crippen LogP) is 3.18. The van der Waals surface area contributed by atoms with Crippen molar-refractivity contribution in [1.82, 2.24) is 0 Å². The molecule has 0 unspecified atom stereocenters.